The van der Waals surface area contributed by atoms with Crippen LogP contribution in [0.1, 0.15) is 37.8 Å². The molecule has 2 aromatic carbocycles. The van der Waals surface area contributed by atoms with Gasteiger partial charge in [0.05, 0.1) is 11.8 Å². The van der Waals surface area contributed by atoms with Crippen LogP contribution in [0, 0.1) is 0 Å². The molecule has 142 valence electrons. The van der Waals surface area contributed by atoms with Crippen LogP contribution in [0.2, 0.25) is 0 Å². The summed E-state index contributed by atoms with van der Waals surface area (Å²) in [5.41, 5.74) is 2.16. The van der Waals surface area contributed by atoms with Crippen LogP contribution in [0.25, 0.3) is 0 Å². The number of hydroxylamine groups is 2. The molecular formula is C20H28NO4P. The first-order chi connectivity index (χ1) is 12.4. The van der Waals surface area contributed by atoms with E-state index in [4.69, 9.17) is 4.84 Å². The fraction of sp³-hybridized carbons (Fsp3) is 0.400. The molecule has 26 heavy (non-hydrogen) atoms. The van der Waals surface area contributed by atoms with Gasteiger partial charge in [0.25, 0.3) is 0 Å². The summed E-state index contributed by atoms with van der Waals surface area (Å²) < 4.78 is 12.0. The van der Waals surface area contributed by atoms with Gasteiger partial charge in [-0.2, -0.15) is 5.06 Å². The zero-order valence-electron chi connectivity index (χ0n) is 15.4. The second kappa shape index (κ2) is 9.45. The SMILES string of the molecule is CCC(CC)(CON(Cc1ccccc1)Cc1ccccc1)P(=O)(O)O. The third-order valence-electron chi connectivity index (χ3n) is 4.85. The zero-order chi connectivity index (χ0) is 19.0. The summed E-state index contributed by atoms with van der Waals surface area (Å²) in [6.45, 7) is 4.67. The maximum absolute atomic E-state index is 12.0. The predicted octanol–water partition coefficient (Wildman–Crippen LogP) is 4.36. The fourth-order valence-electron chi connectivity index (χ4n) is 2.88. The van der Waals surface area contributed by atoms with E-state index in [0.29, 0.717) is 25.9 Å². The summed E-state index contributed by atoms with van der Waals surface area (Å²) in [4.78, 5) is 25.6. The number of hydrogen-bond acceptors (Lipinski definition) is 3. The largest absolute Gasteiger partial charge is 0.334 e. The lowest BCUT2D eigenvalue weighted by molar-refractivity contribution is -0.182. The van der Waals surface area contributed by atoms with E-state index >= 15 is 0 Å². The van der Waals surface area contributed by atoms with E-state index in [-0.39, 0.29) is 6.61 Å². The van der Waals surface area contributed by atoms with Crippen LogP contribution < -0.4 is 0 Å². The maximum atomic E-state index is 12.0. The molecule has 0 saturated heterocycles. The van der Waals surface area contributed by atoms with Gasteiger partial charge in [-0.3, -0.25) is 9.40 Å². The van der Waals surface area contributed by atoms with Gasteiger partial charge in [0.15, 0.2) is 0 Å². The van der Waals surface area contributed by atoms with E-state index in [1.807, 2.05) is 60.7 Å². The van der Waals surface area contributed by atoms with Crippen molar-refractivity contribution >= 4 is 7.60 Å². The molecule has 0 bridgehead atoms. The lowest BCUT2D eigenvalue weighted by Gasteiger charge is -2.34. The highest BCUT2D eigenvalue weighted by molar-refractivity contribution is 7.53. The third-order valence-corrected chi connectivity index (χ3v) is 6.85. The van der Waals surface area contributed by atoms with Gasteiger partial charge in [0.2, 0.25) is 0 Å². The molecule has 6 heteroatoms. The lowest BCUT2D eigenvalue weighted by atomic mass is 10.0. The van der Waals surface area contributed by atoms with Crippen LogP contribution in [-0.2, 0) is 22.5 Å². The van der Waals surface area contributed by atoms with E-state index in [1.54, 1.807) is 18.9 Å². The molecular weight excluding hydrogens is 349 g/mol. The van der Waals surface area contributed by atoms with Crippen LogP contribution in [-0.4, -0.2) is 26.6 Å². The molecule has 0 unspecified atom stereocenters. The van der Waals surface area contributed by atoms with Gasteiger partial charge in [0.1, 0.15) is 0 Å². The number of benzene rings is 2. The van der Waals surface area contributed by atoms with Crippen LogP contribution in [0.5, 0.6) is 0 Å². The Hall–Kier alpha value is -1.49. The second-order valence-corrected chi connectivity index (χ2v) is 8.55. The summed E-state index contributed by atoms with van der Waals surface area (Å²) in [6.07, 6.45) is 0.719. The van der Waals surface area contributed by atoms with Gasteiger partial charge in [-0.05, 0) is 24.0 Å². The normalized spacial score (nSPS) is 12.5. The molecule has 5 nitrogen and oxygen atoms in total. The first kappa shape index (κ1) is 20.8. The topological polar surface area (TPSA) is 70.0 Å². The minimum Gasteiger partial charge on any atom is -0.324 e. The minimum absolute atomic E-state index is 0.00998. The summed E-state index contributed by atoms with van der Waals surface area (Å²) >= 11 is 0. The molecule has 0 aliphatic heterocycles. The monoisotopic (exact) mass is 377 g/mol. The number of rotatable bonds is 10. The lowest BCUT2D eigenvalue weighted by Crippen LogP contribution is -2.37. The molecule has 0 aromatic heterocycles. The van der Waals surface area contributed by atoms with Crippen molar-refractivity contribution in [2.45, 2.75) is 44.9 Å². The average Bonchev–Trinajstić information content (AvgIpc) is 2.63. The molecule has 0 radical (unpaired) electrons. The Morgan fingerprint density at radius 3 is 1.65 bits per heavy atom. The maximum Gasteiger partial charge on any atom is 0.334 e. The molecule has 0 heterocycles. The number of nitrogens with zero attached hydrogens (tertiary/aromatic N) is 1. The molecule has 0 saturated carbocycles. The molecule has 2 N–H and O–H groups in total. The highest BCUT2D eigenvalue weighted by Gasteiger charge is 2.44. The number of hydrogen-bond donors (Lipinski definition) is 2. The van der Waals surface area contributed by atoms with E-state index in [1.165, 1.54) is 0 Å². The Balaban J connectivity index is 2.16. The van der Waals surface area contributed by atoms with E-state index in [0.717, 1.165) is 11.1 Å². The van der Waals surface area contributed by atoms with Crippen molar-refractivity contribution in [3.63, 3.8) is 0 Å². The minimum atomic E-state index is -4.28. The van der Waals surface area contributed by atoms with Gasteiger partial charge < -0.3 is 9.79 Å². The highest BCUT2D eigenvalue weighted by atomic mass is 31.2. The van der Waals surface area contributed by atoms with Crippen LogP contribution in [0.15, 0.2) is 60.7 Å². The van der Waals surface area contributed by atoms with Gasteiger partial charge in [-0.1, -0.05) is 74.5 Å². The summed E-state index contributed by atoms with van der Waals surface area (Å²) in [5, 5.41) is 0.624. The van der Waals surface area contributed by atoms with Gasteiger partial charge in [-0.15, -0.1) is 0 Å². The van der Waals surface area contributed by atoms with Crippen molar-refractivity contribution < 1.29 is 19.2 Å². The summed E-state index contributed by atoms with van der Waals surface area (Å²) in [5.74, 6) is 0. The summed E-state index contributed by atoms with van der Waals surface area (Å²) in [7, 11) is -4.28. The van der Waals surface area contributed by atoms with E-state index in [2.05, 4.69) is 0 Å². The fourth-order valence-corrected chi connectivity index (χ4v) is 3.93. The van der Waals surface area contributed by atoms with Crippen LogP contribution >= 0.6 is 7.60 Å². The van der Waals surface area contributed by atoms with Gasteiger partial charge in [0, 0.05) is 13.1 Å². The van der Waals surface area contributed by atoms with Crippen LogP contribution in [0.4, 0.5) is 0 Å². The first-order valence-electron chi connectivity index (χ1n) is 8.91. The van der Waals surface area contributed by atoms with E-state index in [9.17, 15) is 14.4 Å². The van der Waals surface area contributed by atoms with Crippen molar-refractivity contribution in [1.29, 1.82) is 0 Å². The molecule has 2 aromatic rings. The third kappa shape index (κ3) is 5.50. The Kier molecular flexibility index (Phi) is 7.56. The second-order valence-electron chi connectivity index (χ2n) is 6.52. The summed E-state index contributed by atoms with van der Waals surface area (Å²) in [6, 6.07) is 19.8. The Morgan fingerprint density at radius 2 is 1.31 bits per heavy atom. The van der Waals surface area contributed by atoms with Gasteiger partial charge in [-0.25, -0.2) is 0 Å². The predicted molar refractivity (Wildman–Crippen MR) is 103 cm³/mol. The average molecular weight is 377 g/mol. The quantitative estimate of drug-likeness (QED) is 0.476. The Bertz CT molecular complexity index is 657. The molecule has 0 spiro atoms. The molecule has 0 amide bonds. The molecule has 0 aliphatic carbocycles. The Morgan fingerprint density at radius 1 is 0.885 bits per heavy atom. The smallest absolute Gasteiger partial charge is 0.324 e. The molecule has 0 atom stereocenters. The van der Waals surface area contributed by atoms with Crippen molar-refractivity contribution in [3.8, 4) is 0 Å². The molecule has 2 rings (SSSR count). The van der Waals surface area contributed by atoms with Crippen molar-refractivity contribution in [2.75, 3.05) is 6.61 Å². The van der Waals surface area contributed by atoms with Crippen molar-refractivity contribution in [1.82, 2.24) is 5.06 Å². The highest BCUT2D eigenvalue weighted by Crippen LogP contribution is 2.54. The van der Waals surface area contributed by atoms with Crippen molar-refractivity contribution in [3.05, 3.63) is 71.8 Å². The Labute approximate surface area is 155 Å². The van der Waals surface area contributed by atoms with Crippen LogP contribution in [0.3, 0.4) is 0 Å². The molecule has 0 aliphatic rings. The van der Waals surface area contributed by atoms with E-state index < -0.39 is 12.8 Å². The zero-order valence-corrected chi connectivity index (χ0v) is 16.3. The first-order valence-corrected chi connectivity index (χ1v) is 10.5. The standard InChI is InChI=1S/C20H28NO4P/c1-3-20(4-2,26(22,23)24)17-25-21(15-18-11-7-5-8-12-18)16-19-13-9-6-10-14-19/h5-14H,3-4,15-17H2,1-2H3,(H2,22,23,24). The van der Waals surface area contributed by atoms with Crippen molar-refractivity contribution in [2.24, 2.45) is 0 Å². The van der Waals surface area contributed by atoms with Gasteiger partial charge >= 0.3 is 7.60 Å². The molecule has 0 fully saturated rings.